The Hall–Kier alpha value is -4.21. The smallest absolute Gasteiger partial charge is 0.255 e. The molecule has 0 bridgehead atoms. The fourth-order valence-electron chi connectivity index (χ4n) is 5.23. The third kappa shape index (κ3) is 7.54. The fourth-order valence-corrected chi connectivity index (χ4v) is 5.23. The molecule has 5 rings (SSSR count). The van der Waals surface area contributed by atoms with Crippen LogP contribution in [-0.2, 0) is 18.4 Å². The zero-order valence-corrected chi connectivity index (χ0v) is 24.6. The van der Waals surface area contributed by atoms with Gasteiger partial charge in [0.15, 0.2) is 0 Å². The summed E-state index contributed by atoms with van der Waals surface area (Å²) in [5, 5.41) is 7.35. The summed E-state index contributed by atoms with van der Waals surface area (Å²) >= 11 is 0. The van der Waals surface area contributed by atoms with Crippen LogP contribution in [0.4, 0.5) is 5.82 Å². The molecular formula is C33H40N6O3. The van der Waals surface area contributed by atoms with Crippen LogP contribution in [-0.4, -0.2) is 65.0 Å². The van der Waals surface area contributed by atoms with Crippen LogP contribution in [0.1, 0.15) is 41.6 Å². The lowest BCUT2D eigenvalue weighted by Gasteiger charge is -2.22. The van der Waals surface area contributed by atoms with E-state index in [0.29, 0.717) is 18.8 Å². The number of nitrogens with one attached hydrogen (secondary N) is 1. The Labute approximate surface area is 247 Å². The number of nitrogens with zero attached hydrogens (tertiary/aromatic N) is 4. The molecule has 3 N–H and O–H groups in total. The predicted molar refractivity (Wildman–Crippen MR) is 165 cm³/mol. The molecule has 220 valence electrons. The zero-order valence-electron chi connectivity index (χ0n) is 24.6. The van der Waals surface area contributed by atoms with Crippen molar-refractivity contribution in [1.29, 1.82) is 0 Å². The SMILES string of the molecule is CN(C)CCCOc1ccc(-c2ccc(CO[C@H]3CCC[C@@H]3NC(=O)c3cc(-c4cnn(C)c4)cnc3N)cc2)cc1. The minimum absolute atomic E-state index is 0.0606. The summed E-state index contributed by atoms with van der Waals surface area (Å²) in [5.41, 5.74) is 11.5. The summed E-state index contributed by atoms with van der Waals surface area (Å²) in [5.74, 6) is 0.860. The quantitative estimate of drug-likeness (QED) is 0.233. The molecule has 0 unspecified atom stereocenters. The van der Waals surface area contributed by atoms with Gasteiger partial charge in [0.25, 0.3) is 5.91 Å². The number of hydrogen-bond donors (Lipinski definition) is 2. The van der Waals surface area contributed by atoms with Gasteiger partial charge in [-0.2, -0.15) is 5.10 Å². The highest BCUT2D eigenvalue weighted by Gasteiger charge is 2.30. The van der Waals surface area contributed by atoms with Gasteiger partial charge in [0.1, 0.15) is 11.6 Å². The second kappa shape index (κ2) is 13.6. The van der Waals surface area contributed by atoms with Crippen LogP contribution in [0.25, 0.3) is 22.3 Å². The van der Waals surface area contributed by atoms with E-state index in [0.717, 1.165) is 65.8 Å². The van der Waals surface area contributed by atoms with E-state index in [-0.39, 0.29) is 23.9 Å². The van der Waals surface area contributed by atoms with Crippen molar-refractivity contribution in [2.45, 2.75) is 44.4 Å². The monoisotopic (exact) mass is 568 g/mol. The first-order chi connectivity index (χ1) is 20.4. The van der Waals surface area contributed by atoms with Crippen molar-refractivity contribution in [2.75, 3.05) is 33.0 Å². The number of nitrogens with two attached hydrogens (primary N) is 1. The number of hydrogen-bond acceptors (Lipinski definition) is 7. The second-order valence-electron chi connectivity index (χ2n) is 11.1. The minimum Gasteiger partial charge on any atom is -0.494 e. The molecule has 9 nitrogen and oxygen atoms in total. The Kier molecular flexibility index (Phi) is 9.51. The molecule has 0 aliphatic heterocycles. The molecule has 0 saturated heterocycles. The number of aromatic nitrogens is 3. The standard InChI is InChI=1S/C33H40N6O3/c1-38(2)16-5-17-41-28-14-12-25(13-15-28)24-10-8-23(9-11-24)22-42-31-7-4-6-30(31)37-33(40)29-18-26(19-35-32(29)34)27-20-36-39(3)21-27/h8-15,18-21,30-31H,4-7,16-17,22H2,1-3H3,(H2,34,35)(H,37,40)/t30-,31-/m0/s1. The van der Waals surface area contributed by atoms with Crippen molar-refractivity contribution in [1.82, 2.24) is 25.0 Å². The number of nitrogen functional groups attached to an aromatic ring is 1. The van der Waals surface area contributed by atoms with Gasteiger partial charge < -0.3 is 25.4 Å². The van der Waals surface area contributed by atoms with Gasteiger partial charge in [-0.15, -0.1) is 0 Å². The molecule has 1 aliphatic carbocycles. The number of carbonyl (C=O) groups excluding carboxylic acids is 1. The van der Waals surface area contributed by atoms with E-state index in [1.165, 1.54) is 0 Å². The van der Waals surface area contributed by atoms with Crippen molar-refractivity contribution in [2.24, 2.45) is 7.05 Å². The number of amides is 1. The molecule has 2 heterocycles. The van der Waals surface area contributed by atoms with Crippen molar-refractivity contribution in [3.63, 3.8) is 0 Å². The highest BCUT2D eigenvalue weighted by molar-refractivity contribution is 5.99. The average Bonchev–Trinajstić information content (AvgIpc) is 3.63. The van der Waals surface area contributed by atoms with Crippen molar-refractivity contribution in [3.8, 4) is 28.0 Å². The van der Waals surface area contributed by atoms with Gasteiger partial charge in [-0.1, -0.05) is 36.4 Å². The first-order valence-electron chi connectivity index (χ1n) is 14.5. The minimum atomic E-state index is -0.236. The van der Waals surface area contributed by atoms with Gasteiger partial charge in [0.05, 0.1) is 37.1 Å². The van der Waals surface area contributed by atoms with Crippen LogP contribution in [0.3, 0.4) is 0 Å². The molecule has 4 aromatic rings. The Morgan fingerprint density at radius 1 is 1.02 bits per heavy atom. The average molecular weight is 569 g/mol. The normalized spacial score (nSPS) is 16.6. The highest BCUT2D eigenvalue weighted by Crippen LogP contribution is 2.27. The van der Waals surface area contributed by atoms with Crippen molar-refractivity contribution < 1.29 is 14.3 Å². The maximum atomic E-state index is 13.2. The van der Waals surface area contributed by atoms with Crippen LogP contribution in [0.5, 0.6) is 5.75 Å². The van der Waals surface area contributed by atoms with Crippen LogP contribution in [0.15, 0.2) is 73.2 Å². The van der Waals surface area contributed by atoms with Crippen LogP contribution in [0, 0.1) is 0 Å². The summed E-state index contributed by atoms with van der Waals surface area (Å²) in [4.78, 5) is 19.6. The maximum Gasteiger partial charge on any atom is 0.255 e. The first kappa shape index (κ1) is 29.3. The third-order valence-electron chi connectivity index (χ3n) is 7.59. The third-order valence-corrected chi connectivity index (χ3v) is 7.59. The second-order valence-corrected chi connectivity index (χ2v) is 11.1. The van der Waals surface area contributed by atoms with Gasteiger partial charge in [-0.3, -0.25) is 9.48 Å². The largest absolute Gasteiger partial charge is 0.494 e. The van der Waals surface area contributed by atoms with E-state index in [9.17, 15) is 4.79 Å². The van der Waals surface area contributed by atoms with Gasteiger partial charge in [0, 0.05) is 37.1 Å². The summed E-state index contributed by atoms with van der Waals surface area (Å²) < 4.78 is 13.9. The number of anilines is 1. The molecule has 2 aromatic heterocycles. The number of pyridine rings is 1. The molecule has 1 fully saturated rings. The Morgan fingerprint density at radius 2 is 1.76 bits per heavy atom. The predicted octanol–water partition coefficient (Wildman–Crippen LogP) is 4.93. The zero-order chi connectivity index (χ0) is 29.5. The first-order valence-corrected chi connectivity index (χ1v) is 14.5. The Bertz CT molecular complexity index is 1470. The van der Waals surface area contributed by atoms with E-state index >= 15 is 0 Å². The molecule has 1 saturated carbocycles. The summed E-state index contributed by atoms with van der Waals surface area (Å²) in [7, 11) is 5.98. The van der Waals surface area contributed by atoms with Gasteiger partial charge in [-0.05, 0) is 74.7 Å². The molecule has 42 heavy (non-hydrogen) atoms. The van der Waals surface area contributed by atoms with Gasteiger partial charge in [-0.25, -0.2) is 4.98 Å². The molecular weight excluding hydrogens is 528 g/mol. The van der Waals surface area contributed by atoms with E-state index in [1.807, 2.05) is 25.4 Å². The fraction of sp³-hybridized carbons (Fsp3) is 0.364. The molecule has 0 radical (unpaired) electrons. The number of benzene rings is 2. The molecule has 2 atom stereocenters. The molecule has 0 spiro atoms. The summed E-state index contributed by atoms with van der Waals surface area (Å²) in [6, 6.07) is 18.3. The van der Waals surface area contributed by atoms with Crippen molar-refractivity contribution in [3.05, 3.63) is 84.3 Å². The molecule has 2 aromatic carbocycles. The van der Waals surface area contributed by atoms with E-state index in [4.69, 9.17) is 15.2 Å². The number of ether oxygens (including phenoxy) is 2. The Balaban J connectivity index is 1.13. The van der Waals surface area contributed by atoms with Crippen molar-refractivity contribution >= 4 is 11.7 Å². The summed E-state index contributed by atoms with van der Waals surface area (Å²) in [6.07, 6.45) is 8.97. The Morgan fingerprint density at radius 3 is 2.45 bits per heavy atom. The number of rotatable bonds is 12. The lowest BCUT2D eigenvalue weighted by Crippen LogP contribution is -2.41. The van der Waals surface area contributed by atoms with E-state index in [2.05, 4.69) is 70.8 Å². The lowest BCUT2D eigenvalue weighted by molar-refractivity contribution is 0.0272. The maximum absolute atomic E-state index is 13.2. The van der Waals surface area contributed by atoms with E-state index in [1.54, 1.807) is 23.1 Å². The number of carbonyl (C=O) groups is 1. The molecule has 9 heteroatoms. The van der Waals surface area contributed by atoms with Crippen LogP contribution >= 0.6 is 0 Å². The summed E-state index contributed by atoms with van der Waals surface area (Å²) in [6.45, 7) is 2.21. The highest BCUT2D eigenvalue weighted by atomic mass is 16.5. The molecule has 1 aliphatic rings. The topological polar surface area (TPSA) is 108 Å². The van der Waals surface area contributed by atoms with E-state index < -0.39 is 0 Å². The molecule has 1 amide bonds. The lowest BCUT2D eigenvalue weighted by atomic mass is 10.0. The number of aryl methyl sites for hydroxylation is 1. The van der Waals surface area contributed by atoms with Gasteiger partial charge >= 0.3 is 0 Å². The van der Waals surface area contributed by atoms with Gasteiger partial charge in [0.2, 0.25) is 0 Å². The van der Waals surface area contributed by atoms with Crippen LogP contribution in [0.2, 0.25) is 0 Å². The van der Waals surface area contributed by atoms with Crippen LogP contribution < -0.4 is 15.8 Å².